The van der Waals surface area contributed by atoms with Crippen molar-refractivity contribution in [2.75, 3.05) is 6.54 Å². The first-order valence-electron chi connectivity index (χ1n) is 7.10. The third kappa shape index (κ3) is 3.85. The van der Waals surface area contributed by atoms with Crippen LogP contribution in [0.15, 0.2) is 24.3 Å². The van der Waals surface area contributed by atoms with E-state index in [1.54, 1.807) is 0 Å². The van der Waals surface area contributed by atoms with Crippen molar-refractivity contribution in [3.63, 3.8) is 0 Å². The fraction of sp³-hybridized carbons (Fsp3) is 0.625. The van der Waals surface area contributed by atoms with Crippen LogP contribution < -0.4 is 5.32 Å². The summed E-state index contributed by atoms with van der Waals surface area (Å²) in [5.41, 5.74) is 2.93. The Morgan fingerprint density at radius 2 is 2.06 bits per heavy atom. The van der Waals surface area contributed by atoms with E-state index in [4.69, 9.17) is 0 Å². The fourth-order valence-electron chi connectivity index (χ4n) is 2.47. The lowest BCUT2D eigenvalue weighted by molar-refractivity contribution is 0.468. The number of aryl methyl sites for hydroxylation is 1. The summed E-state index contributed by atoms with van der Waals surface area (Å²) in [6, 6.07) is 9.39. The first-order chi connectivity index (χ1) is 8.31. The molecule has 1 aromatic carbocycles. The van der Waals surface area contributed by atoms with E-state index in [1.807, 2.05) is 0 Å². The van der Waals surface area contributed by atoms with Gasteiger partial charge in [0.15, 0.2) is 0 Å². The maximum Gasteiger partial charge on any atom is 0.0322 e. The Morgan fingerprint density at radius 1 is 1.29 bits per heavy atom. The molecule has 1 aromatic rings. The van der Waals surface area contributed by atoms with Gasteiger partial charge in [-0.1, -0.05) is 44.0 Å². The molecule has 1 nitrogen and oxygen atoms in total. The fourth-order valence-corrected chi connectivity index (χ4v) is 2.47. The number of hydrogen-bond acceptors (Lipinski definition) is 1. The molecule has 0 radical (unpaired) electrons. The molecule has 0 saturated heterocycles. The van der Waals surface area contributed by atoms with Crippen LogP contribution in [0.5, 0.6) is 0 Å². The summed E-state index contributed by atoms with van der Waals surface area (Å²) in [6.07, 6.45) is 6.85. The molecular formula is C16H25N. The zero-order valence-electron chi connectivity index (χ0n) is 11.2. The SMILES string of the molecule is CCCNC(CCC1CC1)c1ccccc1C. The van der Waals surface area contributed by atoms with Gasteiger partial charge in [-0.15, -0.1) is 0 Å². The summed E-state index contributed by atoms with van der Waals surface area (Å²) in [7, 11) is 0. The van der Waals surface area contributed by atoms with E-state index in [-0.39, 0.29) is 0 Å². The van der Waals surface area contributed by atoms with Gasteiger partial charge < -0.3 is 5.32 Å². The van der Waals surface area contributed by atoms with Crippen molar-refractivity contribution in [3.05, 3.63) is 35.4 Å². The van der Waals surface area contributed by atoms with E-state index in [0.717, 1.165) is 12.5 Å². The molecule has 1 N–H and O–H groups in total. The smallest absolute Gasteiger partial charge is 0.0322 e. The van der Waals surface area contributed by atoms with E-state index in [2.05, 4.69) is 43.4 Å². The summed E-state index contributed by atoms with van der Waals surface area (Å²) < 4.78 is 0. The van der Waals surface area contributed by atoms with Crippen LogP contribution in [-0.2, 0) is 0 Å². The molecule has 0 aromatic heterocycles. The van der Waals surface area contributed by atoms with Crippen LogP contribution in [0, 0.1) is 12.8 Å². The Hall–Kier alpha value is -0.820. The van der Waals surface area contributed by atoms with Gasteiger partial charge >= 0.3 is 0 Å². The predicted molar refractivity (Wildman–Crippen MR) is 74.2 cm³/mol. The number of hydrogen-bond donors (Lipinski definition) is 1. The van der Waals surface area contributed by atoms with Crippen LogP contribution in [0.1, 0.15) is 56.2 Å². The molecule has 1 atom stereocenters. The minimum Gasteiger partial charge on any atom is -0.310 e. The number of benzene rings is 1. The Kier molecular flexibility index (Phi) is 4.61. The molecule has 94 valence electrons. The van der Waals surface area contributed by atoms with Gasteiger partial charge in [-0.3, -0.25) is 0 Å². The largest absolute Gasteiger partial charge is 0.310 e. The van der Waals surface area contributed by atoms with Crippen LogP contribution in [0.25, 0.3) is 0 Å². The second-order valence-corrected chi connectivity index (χ2v) is 5.38. The zero-order valence-corrected chi connectivity index (χ0v) is 11.2. The molecule has 1 saturated carbocycles. The molecule has 17 heavy (non-hydrogen) atoms. The van der Waals surface area contributed by atoms with E-state index in [1.165, 1.54) is 43.2 Å². The van der Waals surface area contributed by atoms with Crippen LogP contribution in [0.3, 0.4) is 0 Å². The maximum atomic E-state index is 3.71. The van der Waals surface area contributed by atoms with E-state index >= 15 is 0 Å². The second kappa shape index (κ2) is 6.20. The van der Waals surface area contributed by atoms with Gasteiger partial charge in [0.05, 0.1) is 0 Å². The Balaban J connectivity index is 1.99. The first kappa shape index (κ1) is 12.6. The van der Waals surface area contributed by atoms with Gasteiger partial charge in [-0.05, 0) is 49.8 Å². The molecule has 0 bridgehead atoms. The standard InChI is InChI=1S/C16H25N/c1-3-12-17-16(11-10-14-8-9-14)15-7-5-4-6-13(15)2/h4-7,14,16-17H,3,8-12H2,1-2H3. The molecule has 1 aliphatic rings. The van der Waals surface area contributed by atoms with Crippen molar-refractivity contribution in [2.24, 2.45) is 5.92 Å². The minimum atomic E-state index is 0.566. The lowest BCUT2D eigenvalue weighted by Crippen LogP contribution is -2.23. The third-order valence-corrected chi connectivity index (χ3v) is 3.77. The highest BCUT2D eigenvalue weighted by Crippen LogP contribution is 2.36. The highest BCUT2D eigenvalue weighted by atomic mass is 14.9. The summed E-state index contributed by atoms with van der Waals surface area (Å²) in [5, 5.41) is 3.71. The van der Waals surface area contributed by atoms with Crippen molar-refractivity contribution >= 4 is 0 Å². The topological polar surface area (TPSA) is 12.0 Å². The molecule has 2 rings (SSSR count). The molecule has 1 aliphatic carbocycles. The minimum absolute atomic E-state index is 0.566. The normalized spacial score (nSPS) is 17.1. The quantitative estimate of drug-likeness (QED) is 0.740. The molecular weight excluding hydrogens is 206 g/mol. The van der Waals surface area contributed by atoms with Crippen LogP contribution in [0.4, 0.5) is 0 Å². The predicted octanol–water partition coefficient (Wildman–Crippen LogP) is 4.23. The van der Waals surface area contributed by atoms with Crippen LogP contribution in [0.2, 0.25) is 0 Å². The van der Waals surface area contributed by atoms with Crippen LogP contribution >= 0.6 is 0 Å². The van der Waals surface area contributed by atoms with Crippen molar-refractivity contribution in [2.45, 2.75) is 52.0 Å². The van der Waals surface area contributed by atoms with E-state index in [9.17, 15) is 0 Å². The Morgan fingerprint density at radius 3 is 2.71 bits per heavy atom. The molecule has 0 amide bonds. The molecule has 1 unspecified atom stereocenters. The Labute approximate surface area is 106 Å². The van der Waals surface area contributed by atoms with Crippen molar-refractivity contribution in [1.82, 2.24) is 5.32 Å². The van der Waals surface area contributed by atoms with Gasteiger partial charge in [0, 0.05) is 6.04 Å². The average molecular weight is 231 g/mol. The average Bonchev–Trinajstić information content (AvgIpc) is 3.15. The summed E-state index contributed by atoms with van der Waals surface area (Å²) in [6.45, 7) is 5.60. The summed E-state index contributed by atoms with van der Waals surface area (Å²) in [5.74, 6) is 1.03. The van der Waals surface area contributed by atoms with E-state index < -0.39 is 0 Å². The van der Waals surface area contributed by atoms with Gasteiger partial charge in [-0.2, -0.15) is 0 Å². The molecule has 0 spiro atoms. The number of nitrogens with one attached hydrogen (secondary N) is 1. The molecule has 0 heterocycles. The maximum absolute atomic E-state index is 3.71. The first-order valence-corrected chi connectivity index (χ1v) is 7.10. The second-order valence-electron chi connectivity index (χ2n) is 5.38. The van der Waals surface area contributed by atoms with Crippen molar-refractivity contribution < 1.29 is 0 Å². The summed E-state index contributed by atoms with van der Waals surface area (Å²) >= 11 is 0. The summed E-state index contributed by atoms with van der Waals surface area (Å²) in [4.78, 5) is 0. The van der Waals surface area contributed by atoms with Gasteiger partial charge in [-0.25, -0.2) is 0 Å². The highest BCUT2D eigenvalue weighted by Gasteiger charge is 2.23. The van der Waals surface area contributed by atoms with Gasteiger partial charge in [0.2, 0.25) is 0 Å². The van der Waals surface area contributed by atoms with Crippen LogP contribution in [-0.4, -0.2) is 6.54 Å². The third-order valence-electron chi connectivity index (χ3n) is 3.77. The molecule has 1 fully saturated rings. The lowest BCUT2D eigenvalue weighted by atomic mass is 9.96. The zero-order chi connectivity index (χ0) is 12.1. The van der Waals surface area contributed by atoms with Gasteiger partial charge in [0.25, 0.3) is 0 Å². The Bertz CT molecular complexity index is 341. The van der Waals surface area contributed by atoms with Crippen molar-refractivity contribution in [1.29, 1.82) is 0 Å². The van der Waals surface area contributed by atoms with E-state index in [0.29, 0.717) is 6.04 Å². The monoisotopic (exact) mass is 231 g/mol. The molecule has 0 aliphatic heterocycles. The van der Waals surface area contributed by atoms with Gasteiger partial charge in [0.1, 0.15) is 0 Å². The van der Waals surface area contributed by atoms with Crippen molar-refractivity contribution in [3.8, 4) is 0 Å². The molecule has 1 heteroatoms. The number of rotatable bonds is 7. The lowest BCUT2D eigenvalue weighted by Gasteiger charge is -2.21. The highest BCUT2D eigenvalue weighted by molar-refractivity contribution is 5.28.